The van der Waals surface area contributed by atoms with Crippen molar-refractivity contribution in [2.24, 2.45) is 0 Å². The van der Waals surface area contributed by atoms with Crippen LogP contribution in [0.2, 0.25) is 0 Å². The minimum atomic E-state index is -0.292. The van der Waals surface area contributed by atoms with Gasteiger partial charge in [-0.1, -0.05) is 47.5 Å². The normalized spacial score (nSPS) is 15.1. The average Bonchev–Trinajstić information content (AvgIpc) is 2.78. The first kappa shape index (κ1) is 21.3. The molecule has 0 spiro atoms. The summed E-state index contributed by atoms with van der Waals surface area (Å²) in [7, 11) is 0. The highest BCUT2D eigenvalue weighted by Gasteiger charge is 2.30. The maximum Gasteiger partial charge on any atom is 0.258 e. The van der Waals surface area contributed by atoms with E-state index in [-0.39, 0.29) is 17.8 Å². The molecule has 0 radical (unpaired) electrons. The van der Waals surface area contributed by atoms with Crippen molar-refractivity contribution in [1.82, 2.24) is 4.90 Å². The predicted molar refractivity (Wildman–Crippen MR) is 124 cm³/mol. The Labute approximate surface area is 184 Å². The topological polar surface area (TPSA) is 23.6 Å². The van der Waals surface area contributed by atoms with Gasteiger partial charge < -0.3 is 4.90 Å². The highest BCUT2D eigenvalue weighted by Crippen LogP contribution is 2.27. The summed E-state index contributed by atoms with van der Waals surface area (Å²) in [5.41, 5.74) is 5.12. The fraction of sp³-hybridized carbons (Fsp3) is 0.296. The van der Waals surface area contributed by atoms with Crippen molar-refractivity contribution >= 4 is 11.6 Å². The lowest BCUT2D eigenvalue weighted by Crippen LogP contribution is -2.47. The summed E-state index contributed by atoms with van der Waals surface area (Å²) in [6, 6.07) is 22.7. The summed E-state index contributed by atoms with van der Waals surface area (Å²) in [5, 5.41) is 0. The Bertz CT molecular complexity index is 1000. The molecule has 0 unspecified atom stereocenters. The van der Waals surface area contributed by atoms with Gasteiger partial charge in [-0.05, 0) is 68.7 Å². The molecule has 3 aromatic carbocycles. The van der Waals surface area contributed by atoms with Crippen LogP contribution in [0.4, 0.5) is 10.1 Å². The lowest BCUT2D eigenvalue weighted by atomic mass is 9.99. The van der Waals surface area contributed by atoms with E-state index in [9.17, 15) is 9.18 Å². The van der Waals surface area contributed by atoms with Gasteiger partial charge in [-0.3, -0.25) is 9.69 Å². The van der Waals surface area contributed by atoms with Crippen LogP contribution in [-0.4, -0.2) is 29.9 Å². The molecule has 1 fully saturated rings. The zero-order valence-electron chi connectivity index (χ0n) is 18.2. The molecular formula is C27H29FN2O. The van der Waals surface area contributed by atoms with Gasteiger partial charge in [0, 0.05) is 36.9 Å². The Morgan fingerprint density at radius 3 is 2.00 bits per heavy atom. The van der Waals surface area contributed by atoms with Crippen molar-refractivity contribution in [3.8, 4) is 0 Å². The summed E-state index contributed by atoms with van der Waals surface area (Å²) in [6.07, 6.45) is 1.78. The fourth-order valence-electron chi connectivity index (χ4n) is 4.22. The lowest BCUT2D eigenvalue weighted by Gasteiger charge is -2.38. The molecule has 0 saturated carbocycles. The number of rotatable bonds is 5. The molecule has 31 heavy (non-hydrogen) atoms. The molecule has 0 bridgehead atoms. The Morgan fingerprint density at radius 1 is 0.871 bits per heavy atom. The van der Waals surface area contributed by atoms with E-state index in [1.54, 1.807) is 12.1 Å². The Balaban J connectivity index is 1.50. The monoisotopic (exact) mass is 416 g/mol. The Morgan fingerprint density at radius 2 is 1.42 bits per heavy atom. The summed E-state index contributed by atoms with van der Waals surface area (Å²) >= 11 is 0. The zero-order valence-corrected chi connectivity index (χ0v) is 18.2. The zero-order chi connectivity index (χ0) is 21.8. The number of anilines is 1. The van der Waals surface area contributed by atoms with Crippen molar-refractivity contribution < 1.29 is 9.18 Å². The number of halogens is 1. The SMILES string of the molecule is Cc1ccc(CN2CCC(N(C(=O)c3ccc(C)cc3)c3ccc(F)cc3)CC2)cc1. The van der Waals surface area contributed by atoms with E-state index in [1.165, 1.54) is 23.3 Å². The number of piperidine rings is 1. The first-order chi connectivity index (χ1) is 15.0. The van der Waals surface area contributed by atoms with Crippen molar-refractivity contribution in [1.29, 1.82) is 0 Å². The van der Waals surface area contributed by atoms with Gasteiger partial charge in [0.25, 0.3) is 5.91 Å². The molecule has 4 rings (SSSR count). The summed E-state index contributed by atoms with van der Waals surface area (Å²) in [6.45, 7) is 6.89. The number of carbonyl (C=O) groups is 1. The van der Waals surface area contributed by atoms with Gasteiger partial charge in [-0.2, -0.15) is 0 Å². The first-order valence-electron chi connectivity index (χ1n) is 10.9. The molecule has 160 valence electrons. The molecule has 0 aromatic heterocycles. The molecule has 1 saturated heterocycles. The number of nitrogens with zero attached hydrogens (tertiary/aromatic N) is 2. The van der Waals surface area contributed by atoms with Gasteiger partial charge in [0.2, 0.25) is 0 Å². The van der Waals surface area contributed by atoms with Crippen LogP contribution in [0.1, 0.15) is 39.9 Å². The molecule has 1 aliphatic rings. The van der Waals surface area contributed by atoms with E-state index in [2.05, 4.69) is 36.1 Å². The van der Waals surface area contributed by atoms with Gasteiger partial charge in [0.15, 0.2) is 0 Å². The molecule has 3 aromatic rings. The molecule has 4 heteroatoms. The van der Waals surface area contributed by atoms with Crippen LogP contribution in [0.25, 0.3) is 0 Å². The number of aryl methyl sites for hydroxylation is 2. The van der Waals surface area contributed by atoms with Crippen LogP contribution in [0.5, 0.6) is 0 Å². The van der Waals surface area contributed by atoms with Gasteiger partial charge in [-0.15, -0.1) is 0 Å². The lowest BCUT2D eigenvalue weighted by molar-refractivity contribution is 0.0958. The third kappa shape index (κ3) is 5.20. The number of carbonyl (C=O) groups excluding carboxylic acids is 1. The first-order valence-corrected chi connectivity index (χ1v) is 10.9. The third-order valence-electron chi connectivity index (χ3n) is 6.07. The van der Waals surface area contributed by atoms with Crippen LogP contribution in [0.15, 0.2) is 72.8 Å². The standard InChI is InChI=1S/C27H29FN2O/c1-20-3-7-22(8-4-20)19-29-17-15-26(16-18-29)30(25-13-11-24(28)12-14-25)27(31)23-9-5-21(2)6-10-23/h3-14,26H,15-19H2,1-2H3. The predicted octanol–water partition coefficient (Wildman–Crippen LogP) is 5.75. The van der Waals surface area contributed by atoms with Crippen molar-refractivity contribution in [2.45, 2.75) is 39.3 Å². The number of hydrogen-bond donors (Lipinski definition) is 0. The van der Waals surface area contributed by atoms with Gasteiger partial charge in [-0.25, -0.2) is 4.39 Å². The van der Waals surface area contributed by atoms with Gasteiger partial charge in [0.05, 0.1) is 0 Å². The molecule has 0 atom stereocenters. The molecule has 3 nitrogen and oxygen atoms in total. The second kappa shape index (κ2) is 9.44. The van der Waals surface area contributed by atoms with E-state index in [1.807, 2.05) is 36.1 Å². The minimum Gasteiger partial charge on any atom is -0.305 e. The molecule has 1 amide bonds. The van der Waals surface area contributed by atoms with Crippen LogP contribution < -0.4 is 4.90 Å². The van der Waals surface area contributed by atoms with E-state index in [0.29, 0.717) is 5.56 Å². The second-order valence-corrected chi connectivity index (χ2v) is 8.51. The summed E-state index contributed by atoms with van der Waals surface area (Å²) in [5.74, 6) is -0.317. The van der Waals surface area contributed by atoms with Crippen LogP contribution >= 0.6 is 0 Å². The largest absolute Gasteiger partial charge is 0.305 e. The van der Waals surface area contributed by atoms with Crippen molar-refractivity contribution in [3.63, 3.8) is 0 Å². The van der Waals surface area contributed by atoms with E-state index in [0.717, 1.165) is 43.7 Å². The van der Waals surface area contributed by atoms with Crippen LogP contribution in [-0.2, 0) is 6.54 Å². The van der Waals surface area contributed by atoms with Gasteiger partial charge >= 0.3 is 0 Å². The smallest absolute Gasteiger partial charge is 0.258 e. The average molecular weight is 417 g/mol. The number of likely N-dealkylation sites (tertiary alicyclic amines) is 1. The van der Waals surface area contributed by atoms with Crippen molar-refractivity contribution in [2.75, 3.05) is 18.0 Å². The molecule has 0 N–H and O–H groups in total. The fourth-order valence-corrected chi connectivity index (χ4v) is 4.22. The summed E-state index contributed by atoms with van der Waals surface area (Å²) < 4.78 is 13.5. The third-order valence-corrected chi connectivity index (χ3v) is 6.07. The Hall–Kier alpha value is -2.98. The van der Waals surface area contributed by atoms with E-state index >= 15 is 0 Å². The van der Waals surface area contributed by atoms with E-state index in [4.69, 9.17) is 0 Å². The van der Waals surface area contributed by atoms with Crippen LogP contribution in [0.3, 0.4) is 0 Å². The van der Waals surface area contributed by atoms with Crippen LogP contribution in [0, 0.1) is 19.7 Å². The number of hydrogen-bond acceptors (Lipinski definition) is 2. The van der Waals surface area contributed by atoms with E-state index < -0.39 is 0 Å². The maximum absolute atomic E-state index is 13.5. The van der Waals surface area contributed by atoms with Gasteiger partial charge in [0.1, 0.15) is 5.82 Å². The molecular weight excluding hydrogens is 387 g/mol. The minimum absolute atomic E-state index is 0.0245. The second-order valence-electron chi connectivity index (χ2n) is 8.51. The Kier molecular flexibility index (Phi) is 6.47. The molecule has 0 aliphatic carbocycles. The quantitative estimate of drug-likeness (QED) is 0.528. The maximum atomic E-state index is 13.5. The highest BCUT2D eigenvalue weighted by molar-refractivity contribution is 6.06. The highest BCUT2D eigenvalue weighted by atomic mass is 19.1. The number of benzene rings is 3. The molecule has 1 heterocycles. The van der Waals surface area contributed by atoms with Crippen molar-refractivity contribution in [3.05, 3.63) is 101 Å². The summed E-state index contributed by atoms with van der Waals surface area (Å²) in [4.78, 5) is 17.8. The number of amides is 1. The molecule has 1 aliphatic heterocycles.